The maximum atomic E-state index is 4.17. The van der Waals surface area contributed by atoms with E-state index in [1.54, 1.807) is 0 Å². The number of pyridine rings is 1. The van der Waals surface area contributed by atoms with Crippen LogP contribution in [-0.2, 0) is 12.8 Å². The van der Waals surface area contributed by atoms with Gasteiger partial charge in [0.05, 0.1) is 0 Å². The van der Waals surface area contributed by atoms with Gasteiger partial charge in [0.15, 0.2) is 0 Å². The first-order chi connectivity index (χ1) is 9.67. The normalized spacial score (nSPS) is 19.8. The van der Waals surface area contributed by atoms with Gasteiger partial charge < -0.3 is 5.32 Å². The second-order valence-corrected chi connectivity index (χ2v) is 6.36. The van der Waals surface area contributed by atoms with Crippen LogP contribution in [0.5, 0.6) is 0 Å². The Labute approximate surface area is 121 Å². The number of rotatable bonds is 4. The minimum Gasteiger partial charge on any atom is -0.309 e. The minimum atomic E-state index is 0.290. The average Bonchev–Trinajstić information content (AvgIpc) is 2.71. The van der Waals surface area contributed by atoms with Crippen LogP contribution in [0, 0.1) is 5.41 Å². The Balaban J connectivity index is 1.67. The van der Waals surface area contributed by atoms with Crippen LogP contribution in [0.1, 0.15) is 36.6 Å². The summed E-state index contributed by atoms with van der Waals surface area (Å²) in [4.78, 5) is 4.17. The molecular weight excluding hydrogens is 244 g/mol. The van der Waals surface area contributed by atoms with E-state index < -0.39 is 0 Å². The molecule has 3 rings (SSSR count). The Hall–Kier alpha value is -1.67. The van der Waals surface area contributed by atoms with Crippen molar-refractivity contribution in [1.29, 1.82) is 0 Å². The summed E-state index contributed by atoms with van der Waals surface area (Å²) < 4.78 is 0. The second kappa shape index (κ2) is 5.37. The third-order valence-electron chi connectivity index (χ3n) is 4.28. The van der Waals surface area contributed by atoms with Gasteiger partial charge in [-0.15, -0.1) is 0 Å². The number of nitrogens with one attached hydrogen (secondary N) is 1. The Morgan fingerprint density at radius 1 is 1.20 bits per heavy atom. The van der Waals surface area contributed by atoms with Crippen LogP contribution in [0.4, 0.5) is 0 Å². The molecule has 0 aliphatic heterocycles. The molecule has 2 aromatic rings. The number of fused-ring (bicyclic) bond motifs is 1. The number of hydrogen-bond acceptors (Lipinski definition) is 2. The summed E-state index contributed by atoms with van der Waals surface area (Å²) in [5.41, 5.74) is 4.56. The van der Waals surface area contributed by atoms with Crippen molar-refractivity contribution in [3.63, 3.8) is 0 Å². The highest BCUT2D eigenvalue weighted by molar-refractivity contribution is 5.37. The zero-order valence-corrected chi connectivity index (χ0v) is 12.3. The first-order valence-corrected chi connectivity index (χ1v) is 7.37. The van der Waals surface area contributed by atoms with Crippen molar-refractivity contribution < 1.29 is 0 Å². The Kier molecular flexibility index (Phi) is 3.58. The molecule has 1 aliphatic carbocycles. The smallest absolute Gasteiger partial charge is 0.0377 e. The van der Waals surface area contributed by atoms with Crippen LogP contribution in [0.3, 0.4) is 0 Å². The predicted octanol–water partition coefficient (Wildman–Crippen LogP) is 3.54. The van der Waals surface area contributed by atoms with Gasteiger partial charge in [-0.25, -0.2) is 0 Å². The summed E-state index contributed by atoms with van der Waals surface area (Å²) in [6.07, 6.45) is 5.97. The Morgan fingerprint density at radius 3 is 2.85 bits per heavy atom. The van der Waals surface area contributed by atoms with Crippen LogP contribution in [0.25, 0.3) is 0 Å². The molecule has 1 N–H and O–H groups in total. The third kappa shape index (κ3) is 2.61. The van der Waals surface area contributed by atoms with E-state index in [0.717, 1.165) is 19.4 Å². The van der Waals surface area contributed by atoms with E-state index in [0.29, 0.717) is 11.5 Å². The van der Waals surface area contributed by atoms with Gasteiger partial charge in [-0.3, -0.25) is 4.98 Å². The fourth-order valence-corrected chi connectivity index (χ4v) is 3.28. The van der Waals surface area contributed by atoms with Crippen molar-refractivity contribution in [3.05, 3.63) is 65.5 Å². The molecule has 0 spiro atoms. The Bertz CT molecular complexity index is 575. The number of aromatic nitrogens is 1. The molecule has 2 heteroatoms. The zero-order chi connectivity index (χ0) is 14.0. The first kappa shape index (κ1) is 13.3. The maximum Gasteiger partial charge on any atom is 0.0377 e. The highest BCUT2D eigenvalue weighted by Crippen LogP contribution is 2.44. The molecular formula is C18H22N2. The molecule has 0 saturated heterocycles. The molecule has 1 aromatic heterocycles. The average molecular weight is 266 g/mol. The van der Waals surface area contributed by atoms with Crippen LogP contribution in [0.2, 0.25) is 0 Å². The fraction of sp³-hybridized carbons (Fsp3) is 0.389. The van der Waals surface area contributed by atoms with Crippen LogP contribution in [-0.4, -0.2) is 11.5 Å². The van der Waals surface area contributed by atoms with Gasteiger partial charge in [-0.05, 0) is 47.6 Å². The largest absolute Gasteiger partial charge is 0.309 e. The van der Waals surface area contributed by atoms with Crippen molar-refractivity contribution >= 4 is 0 Å². The monoisotopic (exact) mass is 266 g/mol. The molecule has 1 unspecified atom stereocenters. The number of nitrogens with zero attached hydrogens (tertiary/aromatic N) is 1. The quantitative estimate of drug-likeness (QED) is 0.915. The van der Waals surface area contributed by atoms with Crippen molar-refractivity contribution in [1.82, 2.24) is 10.3 Å². The predicted molar refractivity (Wildman–Crippen MR) is 82.6 cm³/mol. The molecule has 0 bridgehead atoms. The van der Waals surface area contributed by atoms with Gasteiger partial charge in [0, 0.05) is 18.4 Å². The van der Waals surface area contributed by atoms with Crippen molar-refractivity contribution in [2.75, 3.05) is 6.54 Å². The summed E-state index contributed by atoms with van der Waals surface area (Å²) in [6, 6.07) is 13.4. The van der Waals surface area contributed by atoms with E-state index >= 15 is 0 Å². The van der Waals surface area contributed by atoms with Crippen molar-refractivity contribution in [2.24, 2.45) is 5.41 Å². The lowest BCUT2D eigenvalue weighted by molar-refractivity contribution is 0.271. The lowest BCUT2D eigenvalue weighted by atomic mass is 9.85. The van der Waals surface area contributed by atoms with Crippen LogP contribution >= 0.6 is 0 Å². The summed E-state index contributed by atoms with van der Waals surface area (Å²) in [5.74, 6) is 0. The fourth-order valence-electron chi connectivity index (χ4n) is 3.28. The van der Waals surface area contributed by atoms with Crippen LogP contribution < -0.4 is 5.32 Å². The van der Waals surface area contributed by atoms with E-state index in [4.69, 9.17) is 0 Å². The minimum absolute atomic E-state index is 0.290. The van der Waals surface area contributed by atoms with E-state index in [9.17, 15) is 0 Å². The summed E-state index contributed by atoms with van der Waals surface area (Å²) in [5, 5.41) is 3.75. The van der Waals surface area contributed by atoms with Crippen molar-refractivity contribution in [2.45, 2.75) is 32.7 Å². The van der Waals surface area contributed by atoms with Crippen molar-refractivity contribution in [3.8, 4) is 0 Å². The molecule has 0 saturated carbocycles. The molecule has 0 fully saturated rings. The maximum absolute atomic E-state index is 4.17. The third-order valence-corrected chi connectivity index (χ3v) is 4.28. The van der Waals surface area contributed by atoms with E-state index in [1.165, 1.54) is 16.7 Å². The van der Waals surface area contributed by atoms with Gasteiger partial charge in [0.2, 0.25) is 0 Å². The van der Waals surface area contributed by atoms with Gasteiger partial charge in [0.25, 0.3) is 0 Å². The lowest BCUT2D eigenvalue weighted by Gasteiger charge is -2.28. The second-order valence-electron chi connectivity index (χ2n) is 6.36. The van der Waals surface area contributed by atoms with Gasteiger partial charge in [0.1, 0.15) is 0 Å². The van der Waals surface area contributed by atoms with Gasteiger partial charge in [-0.1, -0.05) is 44.2 Å². The van der Waals surface area contributed by atoms with E-state index in [-0.39, 0.29) is 0 Å². The molecule has 1 aromatic carbocycles. The molecule has 1 heterocycles. The van der Waals surface area contributed by atoms with Gasteiger partial charge >= 0.3 is 0 Å². The molecule has 20 heavy (non-hydrogen) atoms. The number of benzene rings is 1. The summed E-state index contributed by atoms with van der Waals surface area (Å²) >= 11 is 0. The lowest BCUT2D eigenvalue weighted by Crippen LogP contribution is -2.32. The molecule has 0 radical (unpaired) electrons. The zero-order valence-electron chi connectivity index (χ0n) is 12.3. The van der Waals surface area contributed by atoms with Gasteiger partial charge in [-0.2, -0.15) is 0 Å². The van der Waals surface area contributed by atoms with E-state index in [1.807, 2.05) is 18.5 Å². The molecule has 1 aliphatic rings. The summed E-state index contributed by atoms with van der Waals surface area (Å²) in [7, 11) is 0. The van der Waals surface area contributed by atoms with Crippen LogP contribution in [0.15, 0.2) is 48.8 Å². The SMILES string of the molecule is CC1(C)Cc2ccccc2C1NCCc1cccnc1. The highest BCUT2D eigenvalue weighted by Gasteiger charge is 2.37. The van der Waals surface area contributed by atoms with E-state index in [2.05, 4.69) is 54.5 Å². The molecule has 1 atom stereocenters. The standard InChI is InChI=1S/C18H22N2/c1-18(2)12-15-7-3-4-8-16(15)17(18)20-11-9-14-6-5-10-19-13-14/h3-8,10,13,17,20H,9,11-12H2,1-2H3. The molecule has 104 valence electrons. The molecule has 0 amide bonds. The topological polar surface area (TPSA) is 24.9 Å². The Morgan fingerprint density at radius 2 is 2.05 bits per heavy atom. The highest BCUT2D eigenvalue weighted by atomic mass is 14.9. The molecule has 2 nitrogen and oxygen atoms in total. The summed E-state index contributed by atoms with van der Waals surface area (Å²) in [6.45, 7) is 5.71. The number of hydrogen-bond donors (Lipinski definition) is 1. The first-order valence-electron chi connectivity index (χ1n) is 7.37.